The molecule has 140 valence electrons. The van der Waals surface area contributed by atoms with Gasteiger partial charge in [-0.25, -0.2) is 16.8 Å². The maximum atomic E-state index is 12.9. The van der Waals surface area contributed by atoms with Crippen LogP contribution in [0.1, 0.15) is 19.8 Å². The van der Waals surface area contributed by atoms with Crippen molar-refractivity contribution in [2.45, 2.75) is 29.6 Å². The van der Waals surface area contributed by atoms with E-state index in [0.717, 1.165) is 12.8 Å². The van der Waals surface area contributed by atoms with Gasteiger partial charge in [0.15, 0.2) is 0 Å². The third kappa shape index (κ3) is 3.90. The summed E-state index contributed by atoms with van der Waals surface area (Å²) < 4.78 is 59.3. The van der Waals surface area contributed by atoms with Crippen LogP contribution in [-0.2, 0) is 24.8 Å². The lowest BCUT2D eigenvalue weighted by Crippen LogP contribution is -2.41. The van der Waals surface area contributed by atoms with E-state index in [1.54, 1.807) is 0 Å². The second-order valence-electron chi connectivity index (χ2n) is 6.60. The smallest absolute Gasteiger partial charge is 0.243 e. The Labute approximate surface area is 149 Å². The second-order valence-corrected chi connectivity index (χ2v) is 10.5. The molecule has 1 atom stereocenters. The summed E-state index contributed by atoms with van der Waals surface area (Å²) in [6.07, 6.45) is 1.84. The van der Waals surface area contributed by atoms with E-state index in [1.807, 2.05) is 6.92 Å². The van der Waals surface area contributed by atoms with E-state index in [-0.39, 0.29) is 22.9 Å². The molecule has 2 heterocycles. The van der Waals surface area contributed by atoms with Gasteiger partial charge < -0.3 is 4.74 Å². The minimum atomic E-state index is -3.72. The van der Waals surface area contributed by atoms with Crippen LogP contribution in [0.15, 0.2) is 34.1 Å². The molecule has 0 radical (unpaired) electrons. The third-order valence-electron chi connectivity index (χ3n) is 4.67. The Balaban J connectivity index is 1.90. The van der Waals surface area contributed by atoms with Crippen molar-refractivity contribution in [3.63, 3.8) is 0 Å². The van der Waals surface area contributed by atoms with Gasteiger partial charge in [0.25, 0.3) is 0 Å². The number of piperidine rings is 1. The number of morpholine rings is 1. The standard InChI is InChI=1S/C16H24N2O5S2/c1-14-4-3-7-18(13-14)25(21,22)16-6-2-5-15(12-16)24(19,20)17-8-10-23-11-9-17/h2,5-6,12,14H,3-4,7-11,13H2,1H3. The van der Waals surface area contributed by atoms with Crippen LogP contribution in [0, 0.1) is 5.92 Å². The van der Waals surface area contributed by atoms with E-state index in [4.69, 9.17) is 4.74 Å². The van der Waals surface area contributed by atoms with Crippen molar-refractivity contribution in [3.8, 4) is 0 Å². The Morgan fingerprint density at radius 3 is 2.16 bits per heavy atom. The molecule has 9 heteroatoms. The molecule has 2 aliphatic heterocycles. The van der Waals surface area contributed by atoms with E-state index in [9.17, 15) is 16.8 Å². The summed E-state index contributed by atoms with van der Waals surface area (Å²) in [4.78, 5) is 0.0523. The highest BCUT2D eigenvalue weighted by Crippen LogP contribution is 2.26. The molecule has 0 spiro atoms. The van der Waals surface area contributed by atoms with Gasteiger partial charge in [-0.1, -0.05) is 13.0 Å². The Kier molecular flexibility index (Phi) is 5.50. The molecule has 0 bridgehead atoms. The number of ether oxygens (including phenoxy) is 1. The molecule has 0 N–H and O–H groups in total. The highest BCUT2D eigenvalue weighted by Gasteiger charge is 2.31. The van der Waals surface area contributed by atoms with Crippen LogP contribution in [-0.4, -0.2) is 64.8 Å². The summed E-state index contributed by atoms with van der Waals surface area (Å²) in [6, 6.07) is 5.68. The molecular weight excluding hydrogens is 364 g/mol. The Bertz CT molecular complexity index is 817. The van der Waals surface area contributed by atoms with Gasteiger partial charge >= 0.3 is 0 Å². The highest BCUT2D eigenvalue weighted by atomic mass is 32.2. The number of hydrogen-bond acceptors (Lipinski definition) is 5. The quantitative estimate of drug-likeness (QED) is 0.772. The average molecular weight is 389 g/mol. The fourth-order valence-electron chi connectivity index (χ4n) is 3.24. The summed E-state index contributed by atoms with van der Waals surface area (Å²) in [7, 11) is -7.40. The Morgan fingerprint density at radius 1 is 0.960 bits per heavy atom. The first-order valence-electron chi connectivity index (χ1n) is 8.50. The fourth-order valence-corrected chi connectivity index (χ4v) is 6.42. The van der Waals surface area contributed by atoms with Gasteiger partial charge in [0.1, 0.15) is 0 Å². The fraction of sp³-hybridized carbons (Fsp3) is 0.625. The summed E-state index contributed by atoms with van der Waals surface area (Å²) >= 11 is 0. The van der Waals surface area contributed by atoms with E-state index < -0.39 is 20.0 Å². The van der Waals surface area contributed by atoms with Crippen LogP contribution in [0.5, 0.6) is 0 Å². The molecule has 7 nitrogen and oxygen atoms in total. The molecule has 0 amide bonds. The molecule has 0 saturated carbocycles. The number of hydrogen-bond donors (Lipinski definition) is 0. The Hall–Kier alpha value is -1.00. The first kappa shape index (κ1) is 18.8. The molecule has 2 fully saturated rings. The zero-order chi connectivity index (χ0) is 18.1. The lowest BCUT2D eigenvalue weighted by Gasteiger charge is -2.30. The molecule has 0 aromatic heterocycles. The van der Waals surface area contributed by atoms with Crippen LogP contribution in [0.3, 0.4) is 0 Å². The summed E-state index contributed by atoms with van der Waals surface area (Å²) in [5.41, 5.74) is 0. The topological polar surface area (TPSA) is 84.0 Å². The molecule has 1 aromatic carbocycles. The van der Waals surface area contributed by atoms with Crippen LogP contribution < -0.4 is 0 Å². The van der Waals surface area contributed by atoms with Gasteiger partial charge in [0, 0.05) is 26.2 Å². The predicted molar refractivity (Wildman–Crippen MR) is 93.2 cm³/mol. The van der Waals surface area contributed by atoms with Gasteiger partial charge in [-0.15, -0.1) is 0 Å². The van der Waals surface area contributed by atoms with Crippen molar-refractivity contribution < 1.29 is 21.6 Å². The van der Waals surface area contributed by atoms with Crippen molar-refractivity contribution >= 4 is 20.0 Å². The van der Waals surface area contributed by atoms with Crippen molar-refractivity contribution in [1.29, 1.82) is 0 Å². The number of rotatable bonds is 4. The van der Waals surface area contributed by atoms with Crippen LogP contribution >= 0.6 is 0 Å². The molecule has 25 heavy (non-hydrogen) atoms. The SMILES string of the molecule is CC1CCCN(S(=O)(=O)c2cccc(S(=O)(=O)N3CCOCC3)c2)C1. The second kappa shape index (κ2) is 7.32. The normalized spacial score (nSPS) is 24.3. The van der Waals surface area contributed by atoms with Gasteiger partial charge in [0.05, 0.1) is 23.0 Å². The number of sulfonamides is 2. The van der Waals surface area contributed by atoms with Crippen LogP contribution in [0.4, 0.5) is 0 Å². The Morgan fingerprint density at radius 2 is 1.56 bits per heavy atom. The largest absolute Gasteiger partial charge is 0.379 e. The highest BCUT2D eigenvalue weighted by molar-refractivity contribution is 7.90. The molecule has 2 aliphatic rings. The van der Waals surface area contributed by atoms with Crippen molar-refractivity contribution in [2.24, 2.45) is 5.92 Å². The van der Waals surface area contributed by atoms with Gasteiger partial charge in [-0.3, -0.25) is 0 Å². The zero-order valence-corrected chi connectivity index (χ0v) is 15.9. The zero-order valence-electron chi connectivity index (χ0n) is 14.3. The minimum absolute atomic E-state index is 0.0144. The maximum Gasteiger partial charge on any atom is 0.243 e. The van der Waals surface area contributed by atoms with E-state index >= 15 is 0 Å². The van der Waals surface area contributed by atoms with Gasteiger partial charge in [-0.05, 0) is 37.0 Å². The van der Waals surface area contributed by atoms with Crippen LogP contribution in [0.25, 0.3) is 0 Å². The number of benzene rings is 1. The van der Waals surface area contributed by atoms with Gasteiger partial charge in [-0.2, -0.15) is 8.61 Å². The van der Waals surface area contributed by atoms with Crippen molar-refractivity contribution in [3.05, 3.63) is 24.3 Å². The first-order valence-corrected chi connectivity index (χ1v) is 11.4. The summed E-state index contributed by atoms with van der Waals surface area (Å²) in [5, 5.41) is 0. The minimum Gasteiger partial charge on any atom is -0.379 e. The first-order chi connectivity index (χ1) is 11.8. The summed E-state index contributed by atoms with van der Waals surface area (Å²) in [5.74, 6) is 0.309. The molecule has 0 aliphatic carbocycles. The van der Waals surface area contributed by atoms with Gasteiger partial charge in [0.2, 0.25) is 20.0 Å². The van der Waals surface area contributed by atoms with E-state index in [2.05, 4.69) is 0 Å². The predicted octanol–water partition coefficient (Wildman–Crippen LogP) is 1.13. The van der Waals surface area contributed by atoms with E-state index in [1.165, 1.54) is 32.9 Å². The maximum absolute atomic E-state index is 12.9. The lowest BCUT2D eigenvalue weighted by atomic mass is 10.0. The van der Waals surface area contributed by atoms with Crippen molar-refractivity contribution in [2.75, 3.05) is 39.4 Å². The molecule has 1 unspecified atom stereocenters. The summed E-state index contributed by atoms with van der Waals surface area (Å²) in [6.45, 7) is 4.24. The number of nitrogens with zero attached hydrogens (tertiary/aromatic N) is 2. The molecule has 2 saturated heterocycles. The van der Waals surface area contributed by atoms with Crippen molar-refractivity contribution in [1.82, 2.24) is 8.61 Å². The lowest BCUT2D eigenvalue weighted by molar-refractivity contribution is 0.0730. The van der Waals surface area contributed by atoms with E-state index in [0.29, 0.717) is 32.2 Å². The molecule has 1 aromatic rings. The third-order valence-corrected chi connectivity index (χ3v) is 8.43. The van der Waals surface area contributed by atoms with Crippen LogP contribution in [0.2, 0.25) is 0 Å². The monoisotopic (exact) mass is 388 g/mol. The average Bonchev–Trinajstić information content (AvgIpc) is 2.62. The molecule has 3 rings (SSSR count). The molecular formula is C16H24N2O5S2.